The smallest absolute Gasteiger partial charge is 0.269 e. The molecule has 0 saturated heterocycles. The molecule has 0 atom stereocenters. The van der Waals surface area contributed by atoms with E-state index < -0.39 is 4.92 Å². The molecule has 0 saturated carbocycles. The van der Waals surface area contributed by atoms with Crippen LogP contribution in [-0.4, -0.2) is 31.3 Å². The minimum atomic E-state index is -0.440. The Morgan fingerprint density at radius 2 is 1.67 bits per heavy atom. The summed E-state index contributed by atoms with van der Waals surface area (Å²) in [7, 11) is 0. The minimum absolute atomic E-state index is 0.0170. The lowest BCUT2D eigenvalue weighted by molar-refractivity contribution is -0.384. The number of anilines is 1. The van der Waals surface area contributed by atoms with Crippen molar-refractivity contribution in [1.82, 2.24) is 14.8 Å². The molecule has 1 aromatic heterocycles. The molecule has 0 aliphatic carbocycles. The summed E-state index contributed by atoms with van der Waals surface area (Å²) in [5.41, 5.74) is 3.47. The molecule has 3 aromatic carbocycles. The number of para-hydroxylation sites is 1. The molecule has 0 unspecified atom stereocenters. The Labute approximate surface area is 194 Å². The molecule has 1 heterocycles. The molecule has 4 aromatic rings. The average molecular weight is 460 g/mol. The summed E-state index contributed by atoms with van der Waals surface area (Å²) in [6.45, 7) is 2.55. The van der Waals surface area contributed by atoms with Gasteiger partial charge in [0.15, 0.2) is 11.0 Å². The molecular formula is C24H21N5O3S. The van der Waals surface area contributed by atoms with Gasteiger partial charge in [0, 0.05) is 35.5 Å². The number of benzene rings is 3. The summed E-state index contributed by atoms with van der Waals surface area (Å²) in [5, 5.41) is 23.0. The average Bonchev–Trinajstić information content (AvgIpc) is 3.26. The number of nitro groups is 1. The number of rotatable bonds is 8. The number of carbonyl (C=O) groups is 1. The summed E-state index contributed by atoms with van der Waals surface area (Å²) in [4.78, 5) is 23.1. The first-order valence-corrected chi connectivity index (χ1v) is 11.3. The van der Waals surface area contributed by atoms with Crippen LogP contribution in [0.3, 0.4) is 0 Å². The fourth-order valence-corrected chi connectivity index (χ4v) is 4.21. The van der Waals surface area contributed by atoms with E-state index in [1.165, 1.54) is 23.9 Å². The van der Waals surface area contributed by atoms with Crippen LogP contribution in [0.4, 0.5) is 11.4 Å². The third kappa shape index (κ3) is 5.09. The molecule has 166 valence electrons. The Hall–Kier alpha value is -3.98. The van der Waals surface area contributed by atoms with E-state index in [4.69, 9.17) is 0 Å². The van der Waals surface area contributed by atoms with E-state index >= 15 is 0 Å². The highest BCUT2D eigenvalue weighted by Gasteiger charge is 2.16. The van der Waals surface area contributed by atoms with E-state index in [9.17, 15) is 14.9 Å². The van der Waals surface area contributed by atoms with E-state index in [2.05, 4.69) is 15.5 Å². The van der Waals surface area contributed by atoms with Gasteiger partial charge in [-0.1, -0.05) is 60.3 Å². The first-order chi connectivity index (χ1) is 16.1. The highest BCUT2D eigenvalue weighted by atomic mass is 32.2. The van der Waals surface area contributed by atoms with Gasteiger partial charge in [-0.25, -0.2) is 0 Å². The van der Waals surface area contributed by atoms with E-state index in [1.807, 2.05) is 66.1 Å². The number of non-ortho nitro benzene ring substituents is 1. The van der Waals surface area contributed by atoms with Crippen molar-refractivity contribution in [2.45, 2.75) is 18.6 Å². The van der Waals surface area contributed by atoms with E-state index in [1.54, 1.807) is 12.1 Å². The van der Waals surface area contributed by atoms with Gasteiger partial charge in [0.1, 0.15) is 0 Å². The standard InChI is InChI=1S/C24H21N5O3S/c1-2-28-23(18-12-14-19(15-13-18)29(31)32)26-27-24(28)33-16-22(30)25-21-11-7-6-10-20(21)17-8-4-3-5-9-17/h3-15H,2,16H2,1H3,(H,25,30). The number of carbonyl (C=O) groups excluding carboxylic acids is 1. The summed E-state index contributed by atoms with van der Waals surface area (Å²) < 4.78 is 1.89. The topological polar surface area (TPSA) is 103 Å². The second-order valence-electron chi connectivity index (χ2n) is 7.10. The van der Waals surface area contributed by atoms with Crippen LogP contribution in [0.15, 0.2) is 84.0 Å². The molecule has 4 rings (SSSR count). The number of amides is 1. The number of aromatic nitrogens is 3. The first-order valence-electron chi connectivity index (χ1n) is 10.3. The lowest BCUT2D eigenvalue weighted by atomic mass is 10.0. The van der Waals surface area contributed by atoms with Crippen molar-refractivity contribution in [3.8, 4) is 22.5 Å². The zero-order chi connectivity index (χ0) is 23.2. The van der Waals surface area contributed by atoms with Crippen molar-refractivity contribution < 1.29 is 9.72 Å². The van der Waals surface area contributed by atoms with Gasteiger partial charge >= 0.3 is 0 Å². The molecule has 33 heavy (non-hydrogen) atoms. The third-order valence-corrected chi connectivity index (χ3v) is 5.95. The van der Waals surface area contributed by atoms with Gasteiger partial charge in [-0.05, 0) is 30.7 Å². The second-order valence-corrected chi connectivity index (χ2v) is 8.05. The highest BCUT2D eigenvalue weighted by molar-refractivity contribution is 7.99. The Bertz CT molecular complexity index is 1270. The third-order valence-electron chi connectivity index (χ3n) is 4.99. The van der Waals surface area contributed by atoms with Gasteiger partial charge in [-0.3, -0.25) is 14.9 Å². The minimum Gasteiger partial charge on any atom is -0.325 e. The van der Waals surface area contributed by atoms with Crippen LogP contribution < -0.4 is 5.32 Å². The lowest BCUT2D eigenvalue weighted by Crippen LogP contribution is -2.15. The number of hydrogen-bond donors (Lipinski definition) is 1. The van der Waals surface area contributed by atoms with Crippen LogP contribution in [0.2, 0.25) is 0 Å². The summed E-state index contributed by atoms with van der Waals surface area (Å²) in [5.74, 6) is 0.622. The molecule has 0 radical (unpaired) electrons. The Morgan fingerprint density at radius 1 is 0.970 bits per heavy atom. The molecule has 8 nitrogen and oxygen atoms in total. The summed E-state index contributed by atoms with van der Waals surface area (Å²) >= 11 is 1.29. The predicted molar refractivity (Wildman–Crippen MR) is 129 cm³/mol. The van der Waals surface area contributed by atoms with Gasteiger partial charge in [-0.2, -0.15) is 0 Å². The molecule has 1 amide bonds. The van der Waals surface area contributed by atoms with Crippen molar-refractivity contribution in [2.24, 2.45) is 0 Å². The predicted octanol–water partition coefficient (Wildman–Crippen LogP) is 5.27. The van der Waals surface area contributed by atoms with E-state index in [-0.39, 0.29) is 17.3 Å². The Morgan fingerprint density at radius 3 is 2.36 bits per heavy atom. The monoisotopic (exact) mass is 459 g/mol. The van der Waals surface area contributed by atoms with Crippen LogP contribution in [-0.2, 0) is 11.3 Å². The van der Waals surface area contributed by atoms with Crippen LogP contribution in [0, 0.1) is 10.1 Å². The van der Waals surface area contributed by atoms with Crippen molar-refractivity contribution in [1.29, 1.82) is 0 Å². The van der Waals surface area contributed by atoms with Gasteiger partial charge in [0.2, 0.25) is 5.91 Å². The quantitative estimate of drug-likeness (QED) is 0.219. The number of hydrogen-bond acceptors (Lipinski definition) is 6. The number of thioether (sulfide) groups is 1. The van der Waals surface area contributed by atoms with Crippen LogP contribution in [0.25, 0.3) is 22.5 Å². The van der Waals surface area contributed by atoms with Crippen LogP contribution in [0.5, 0.6) is 0 Å². The summed E-state index contributed by atoms with van der Waals surface area (Å²) in [6, 6.07) is 23.7. The zero-order valence-electron chi connectivity index (χ0n) is 17.8. The van der Waals surface area contributed by atoms with Gasteiger partial charge in [-0.15, -0.1) is 10.2 Å². The molecule has 0 fully saturated rings. The molecule has 0 bridgehead atoms. The van der Waals surface area contributed by atoms with Gasteiger partial charge in [0.25, 0.3) is 5.69 Å². The molecule has 0 spiro atoms. The largest absolute Gasteiger partial charge is 0.325 e. The van der Waals surface area contributed by atoms with E-state index in [0.29, 0.717) is 17.5 Å². The lowest BCUT2D eigenvalue weighted by Gasteiger charge is -2.11. The SMILES string of the molecule is CCn1c(SCC(=O)Nc2ccccc2-c2ccccc2)nnc1-c1ccc([N+](=O)[O-])cc1. The molecular weight excluding hydrogens is 438 g/mol. The van der Waals surface area contributed by atoms with E-state index in [0.717, 1.165) is 22.4 Å². The fraction of sp³-hybridized carbons (Fsp3) is 0.125. The van der Waals surface area contributed by atoms with Crippen molar-refractivity contribution in [3.63, 3.8) is 0 Å². The number of nitrogens with one attached hydrogen (secondary N) is 1. The number of nitrogens with zero attached hydrogens (tertiary/aromatic N) is 4. The molecule has 0 aliphatic heterocycles. The number of nitro benzene ring substituents is 1. The van der Waals surface area contributed by atoms with Crippen LogP contribution in [0.1, 0.15) is 6.92 Å². The highest BCUT2D eigenvalue weighted by Crippen LogP contribution is 2.29. The summed E-state index contributed by atoms with van der Waals surface area (Å²) in [6.07, 6.45) is 0. The molecule has 0 aliphatic rings. The maximum absolute atomic E-state index is 12.7. The first kappa shape index (κ1) is 22.2. The van der Waals surface area contributed by atoms with Gasteiger partial charge in [0.05, 0.1) is 10.7 Å². The normalized spacial score (nSPS) is 10.7. The fourth-order valence-electron chi connectivity index (χ4n) is 3.40. The van der Waals surface area contributed by atoms with Crippen molar-refractivity contribution in [3.05, 3.63) is 89.0 Å². The van der Waals surface area contributed by atoms with Crippen LogP contribution >= 0.6 is 11.8 Å². The van der Waals surface area contributed by atoms with Gasteiger partial charge < -0.3 is 9.88 Å². The Kier molecular flexibility index (Phi) is 6.80. The second kappa shape index (κ2) is 10.1. The van der Waals surface area contributed by atoms with Crippen molar-refractivity contribution in [2.75, 3.05) is 11.1 Å². The van der Waals surface area contributed by atoms with Crippen molar-refractivity contribution >= 4 is 29.0 Å². The maximum Gasteiger partial charge on any atom is 0.269 e. The molecule has 1 N–H and O–H groups in total. The molecule has 9 heteroatoms. The maximum atomic E-state index is 12.7. The Balaban J connectivity index is 1.46. The zero-order valence-corrected chi connectivity index (χ0v) is 18.7.